The number of aliphatic hydroxyl groups is 1. The molecule has 0 aromatic heterocycles. The third-order valence-electron chi connectivity index (χ3n) is 5.97. The molecule has 38 heavy (non-hydrogen) atoms. The third kappa shape index (κ3) is 6.80. The first-order valence-electron chi connectivity index (χ1n) is 12.1. The molecule has 1 saturated heterocycles. The van der Waals surface area contributed by atoms with Gasteiger partial charge in [-0.05, 0) is 43.3 Å². The van der Waals surface area contributed by atoms with Crippen LogP contribution in [0.15, 0.2) is 89.8 Å². The zero-order chi connectivity index (χ0) is 27.1. The van der Waals surface area contributed by atoms with Gasteiger partial charge in [-0.1, -0.05) is 65.9 Å². The summed E-state index contributed by atoms with van der Waals surface area (Å²) in [5.41, 5.74) is 0.883. The van der Waals surface area contributed by atoms with E-state index in [1.54, 1.807) is 60.7 Å². The van der Waals surface area contributed by atoms with E-state index in [9.17, 15) is 19.5 Å². The number of hydrogen-bond acceptors (Lipinski definition) is 8. The second kappa shape index (κ2) is 12.7. The van der Waals surface area contributed by atoms with Gasteiger partial charge in [0.1, 0.15) is 17.6 Å². The van der Waals surface area contributed by atoms with Crippen molar-refractivity contribution < 1.29 is 33.7 Å². The number of nitrogens with one attached hydrogen (secondary N) is 1. The number of aliphatic hydroxyl groups excluding tert-OH is 1. The zero-order valence-electron chi connectivity index (χ0n) is 21.0. The van der Waals surface area contributed by atoms with E-state index in [0.29, 0.717) is 0 Å². The molecule has 1 amide bonds. The van der Waals surface area contributed by atoms with Gasteiger partial charge in [-0.2, -0.15) is 0 Å². The summed E-state index contributed by atoms with van der Waals surface area (Å²) < 4.78 is 17.9. The number of esters is 2. The number of ether oxygens (including phenoxy) is 3. The number of aryl methyl sites for hydroxylation is 1. The van der Waals surface area contributed by atoms with E-state index in [2.05, 4.69) is 5.32 Å². The molecule has 0 aliphatic carbocycles. The van der Waals surface area contributed by atoms with Crippen molar-refractivity contribution in [2.45, 2.75) is 48.5 Å². The molecule has 0 bridgehead atoms. The van der Waals surface area contributed by atoms with Crippen LogP contribution < -0.4 is 5.32 Å². The molecule has 9 heteroatoms. The molecule has 0 spiro atoms. The second-order valence-electron chi connectivity index (χ2n) is 8.85. The molecule has 1 aliphatic rings. The molecule has 1 fully saturated rings. The Kier molecular flexibility index (Phi) is 9.17. The number of hydrogen-bond donors (Lipinski definition) is 2. The summed E-state index contributed by atoms with van der Waals surface area (Å²) >= 11 is 1.31. The van der Waals surface area contributed by atoms with Crippen LogP contribution in [-0.2, 0) is 19.0 Å². The SMILES string of the molecule is CC(=O)N[C@@H]1[C@@H](OC(=O)c2ccccc2)[C@H](OC(=O)c2ccccc2)[C@@H](CO)O[C@H]1Sc1ccc(C)cc1. The van der Waals surface area contributed by atoms with E-state index in [4.69, 9.17) is 14.2 Å². The van der Waals surface area contributed by atoms with E-state index in [-0.39, 0.29) is 17.0 Å². The Morgan fingerprint density at radius 3 is 1.87 bits per heavy atom. The van der Waals surface area contributed by atoms with Gasteiger partial charge in [0.2, 0.25) is 5.91 Å². The average molecular weight is 536 g/mol. The van der Waals surface area contributed by atoms with Crippen molar-refractivity contribution in [3.8, 4) is 0 Å². The van der Waals surface area contributed by atoms with Gasteiger partial charge in [0, 0.05) is 11.8 Å². The number of thioether (sulfide) groups is 1. The Morgan fingerprint density at radius 1 is 0.842 bits per heavy atom. The molecular formula is C29H29NO7S. The Labute approximate surface area is 225 Å². The average Bonchev–Trinajstić information content (AvgIpc) is 2.93. The Balaban J connectivity index is 1.70. The Morgan fingerprint density at radius 2 is 1.37 bits per heavy atom. The van der Waals surface area contributed by atoms with Crippen molar-refractivity contribution in [2.24, 2.45) is 0 Å². The highest BCUT2D eigenvalue weighted by Crippen LogP contribution is 2.36. The molecule has 5 atom stereocenters. The molecule has 198 valence electrons. The van der Waals surface area contributed by atoms with Crippen LogP contribution in [-0.4, -0.2) is 59.3 Å². The number of carbonyl (C=O) groups is 3. The molecule has 4 rings (SSSR count). The number of benzene rings is 3. The first kappa shape index (κ1) is 27.4. The lowest BCUT2D eigenvalue weighted by Gasteiger charge is -2.45. The lowest BCUT2D eigenvalue weighted by Crippen LogP contribution is -2.65. The fourth-order valence-corrected chi connectivity index (χ4v) is 5.23. The summed E-state index contributed by atoms with van der Waals surface area (Å²) in [4.78, 5) is 39.3. The maximum atomic E-state index is 13.2. The van der Waals surface area contributed by atoms with Crippen LogP contribution in [0.2, 0.25) is 0 Å². The smallest absolute Gasteiger partial charge is 0.338 e. The van der Waals surface area contributed by atoms with Crippen LogP contribution in [0.5, 0.6) is 0 Å². The maximum absolute atomic E-state index is 13.2. The topological polar surface area (TPSA) is 111 Å². The monoisotopic (exact) mass is 535 g/mol. The quantitative estimate of drug-likeness (QED) is 0.420. The summed E-state index contributed by atoms with van der Waals surface area (Å²) in [5.74, 6) is -1.72. The standard InChI is InChI=1S/C29H29NO7S/c1-18-13-15-22(16-14-18)38-29-24(30-19(2)32)26(37-28(34)21-11-7-4-8-12-21)25(23(17-31)35-29)36-27(33)20-9-5-3-6-10-20/h3-16,23-26,29,31H,17H2,1-2H3,(H,30,32)/t23-,24-,25-,26-,29+/m1/s1. The minimum absolute atomic E-state index is 0.282. The number of amides is 1. The summed E-state index contributed by atoms with van der Waals surface area (Å²) in [6, 6.07) is 23.5. The summed E-state index contributed by atoms with van der Waals surface area (Å²) in [6.45, 7) is 2.80. The van der Waals surface area contributed by atoms with Crippen LogP contribution in [0.25, 0.3) is 0 Å². The Hall–Kier alpha value is -3.66. The maximum Gasteiger partial charge on any atom is 0.338 e. The summed E-state index contributed by atoms with van der Waals surface area (Å²) in [5, 5.41) is 13.1. The lowest BCUT2D eigenvalue weighted by molar-refractivity contribution is -0.176. The highest BCUT2D eigenvalue weighted by molar-refractivity contribution is 7.99. The second-order valence-corrected chi connectivity index (χ2v) is 10.0. The summed E-state index contributed by atoms with van der Waals surface area (Å²) in [7, 11) is 0. The largest absolute Gasteiger partial charge is 0.452 e. The first-order chi connectivity index (χ1) is 18.4. The highest BCUT2D eigenvalue weighted by atomic mass is 32.2. The van der Waals surface area contributed by atoms with Gasteiger partial charge in [0.25, 0.3) is 0 Å². The van der Waals surface area contributed by atoms with Crippen molar-refractivity contribution in [3.05, 3.63) is 102 Å². The zero-order valence-corrected chi connectivity index (χ0v) is 21.8. The molecule has 0 saturated carbocycles. The van der Waals surface area contributed by atoms with Gasteiger partial charge >= 0.3 is 11.9 Å². The molecule has 1 heterocycles. The van der Waals surface area contributed by atoms with E-state index >= 15 is 0 Å². The fraction of sp³-hybridized carbons (Fsp3) is 0.276. The molecule has 0 radical (unpaired) electrons. The van der Waals surface area contributed by atoms with E-state index in [1.165, 1.54) is 18.7 Å². The molecule has 3 aromatic carbocycles. The van der Waals surface area contributed by atoms with Crippen molar-refractivity contribution in [1.29, 1.82) is 0 Å². The van der Waals surface area contributed by atoms with Crippen LogP contribution in [0.1, 0.15) is 33.2 Å². The van der Waals surface area contributed by atoms with Crippen LogP contribution >= 0.6 is 11.8 Å². The molecule has 0 unspecified atom stereocenters. The van der Waals surface area contributed by atoms with E-state index in [0.717, 1.165) is 10.5 Å². The fourth-order valence-electron chi connectivity index (χ4n) is 4.10. The molecule has 2 N–H and O–H groups in total. The van der Waals surface area contributed by atoms with Gasteiger partial charge in [-0.25, -0.2) is 9.59 Å². The number of carbonyl (C=O) groups excluding carboxylic acids is 3. The van der Waals surface area contributed by atoms with Crippen molar-refractivity contribution in [2.75, 3.05) is 6.61 Å². The van der Waals surface area contributed by atoms with Gasteiger partial charge < -0.3 is 24.6 Å². The number of rotatable bonds is 8. The normalized spacial score (nSPS) is 22.8. The van der Waals surface area contributed by atoms with Crippen molar-refractivity contribution in [1.82, 2.24) is 5.32 Å². The van der Waals surface area contributed by atoms with E-state index in [1.807, 2.05) is 31.2 Å². The van der Waals surface area contributed by atoms with Gasteiger partial charge in [0.15, 0.2) is 12.2 Å². The molecular weight excluding hydrogens is 506 g/mol. The van der Waals surface area contributed by atoms with Gasteiger partial charge in [0.05, 0.1) is 17.7 Å². The minimum Gasteiger partial charge on any atom is -0.452 e. The van der Waals surface area contributed by atoms with E-state index < -0.39 is 48.3 Å². The van der Waals surface area contributed by atoms with Gasteiger partial charge in [-0.15, -0.1) is 0 Å². The third-order valence-corrected chi connectivity index (χ3v) is 7.16. The lowest BCUT2D eigenvalue weighted by atomic mass is 9.97. The molecule has 8 nitrogen and oxygen atoms in total. The highest BCUT2D eigenvalue weighted by Gasteiger charge is 2.51. The van der Waals surface area contributed by atoms with Gasteiger partial charge in [-0.3, -0.25) is 4.79 Å². The Bertz CT molecular complexity index is 1240. The minimum atomic E-state index is -1.20. The molecule has 1 aliphatic heterocycles. The predicted octanol–water partition coefficient (Wildman–Crippen LogP) is 3.76. The van der Waals surface area contributed by atoms with Crippen LogP contribution in [0.3, 0.4) is 0 Å². The first-order valence-corrected chi connectivity index (χ1v) is 13.0. The van der Waals surface area contributed by atoms with Crippen LogP contribution in [0.4, 0.5) is 0 Å². The summed E-state index contributed by atoms with van der Waals surface area (Å²) in [6.07, 6.45) is -3.38. The van der Waals surface area contributed by atoms with Crippen molar-refractivity contribution in [3.63, 3.8) is 0 Å². The predicted molar refractivity (Wildman–Crippen MR) is 142 cm³/mol. The van der Waals surface area contributed by atoms with Crippen molar-refractivity contribution >= 4 is 29.6 Å². The van der Waals surface area contributed by atoms with Crippen LogP contribution in [0, 0.1) is 6.92 Å². The molecule has 3 aromatic rings.